The fourth-order valence-corrected chi connectivity index (χ4v) is 3.06. The van der Waals surface area contributed by atoms with Gasteiger partial charge in [0, 0.05) is 24.5 Å². The molecule has 0 saturated carbocycles. The number of nitrogens with zero attached hydrogens (tertiary/aromatic N) is 3. The van der Waals surface area contributed by atoms with Crippen LogP contribution in [0.4, 0.5) is 0 Å². The van der Waals surface area contributed by atoms with Gasteiger partial charge in [-0.1, -0.05) is 42.0 Å². The minimum atomic E-state index is -0.0520. The number of hydrogen-bond acceptors (Lipinski definition) is 3. The van der Waals surface area contributed by atoms with Crippen molar-refractivity contribution in [1.82, 2.24) is 19.9 Å². The van der Waals surface area contributed by atoms with Crippen LogP contribution in [0.2, 0.25) is 0 Å². The van der Waals surface area contributed by atoms with Gasteiger partial charge in [0.25, 0.3) is 0 Å². The van der Waals surface area contributed by atoms with E-state index in [9.17, 15) is 4.79 Å². The van der Waals surface area contributed by atoms with Crippen molar-refractivity contribution < 1.29 is 4.79 Å². The molecule has 0 bridgehead atoms. The Morgan fingerprint density at radius 2 is 1.85 bits per heavy atom. The van der Waals surface area contributed by atoms with Gasteiger partial charge in [-0.25, -0.2) is 4.98 Å². The second-order valence-corrected chi connectivity index (χ2v) is 6.51. The van der Waals surface area contributed by atoms with Gasteiger partial charge in [-0.05, 0) is 36.8 Å². The van der Waals surface area contributed by atoms with E-state index in [1.165, 1.54) is 5.56 Å². The number of benzene rings is 2. The second-order valence-electron chi connectivity index (χ2n) is 6.51. The lowest BCUT2D eigenvalue weighted by Gasteiger charge is -2.10. The van der Waals surface area contributed by atoms with Crippen molar-refractivity contribution in [2.75, 3.05) is 0 Å². The van der Waals surface area contributed by atoms with Gasteiger partial charge in [0.1, 0.15) is 12.4 Å². The molecule has 2 aromatic carbocycles. The van der Waals surface area contributed by atoms with Gasteiger partial charge in [0.2, 0.25) is 5.91 Å². The maximum absolute atomic E-state index is 12.6. The van der Waals surface area contributed by atoms with Crippen LogP contribution in [0.5, 0.6) is 0 Å². The molecule has 1 amide bonds. The van der Waals surface area contributed by atoms with Crippen molar-refractivity contribution in [3.8, 4) is 11.4 Å². The van der Waals surface area contributed by atoms with Crippen molar-refractivity contribution in [2.24, 2.45) is 0 Å². The summed E-state index contributed by atoms with van der Waals surface area (Å²) in [5, 5.41) is 3.00. The van der Waals surface area contributed by atoms with E-state index in [0.29, 0.717) is 6.54 Å². The van der Waals surface area contributed by atoms with E-state index in [0.717, 1.165) is 28.0 Å². The third kappa shape index (κ3) is 3.72. The van der Waals surface area contributed by atoms with Crippen molar-refractivity contribution in [2.45, 2.75) is 20.0 Å². The first-order valence-corrected chi connectivity index (χ1v) is 8.88. The fourth-order valence-electron chi connectivity index (χ4n) is 3.06. The number of rotatable bonds is 5. The number of aromatic nitrogens is 3. The normalized spacial score (nSPS) is 10.9. The number of para-hydroxylation sites is 2. The molecule has 27 heavy (non-hydrogen) atoms. The maximum atomic E-state index is 12.6. The third-order valence-electron chi connectivity index (χ3n) is 4.49. The Morgan fingerprint density at radius 3 is 2.63 bits per heavy atom. The maximum Gasteiger partial charge on any atom is 0.240 e. The lowest BCUT2D eigenvalue weighted by Crippen LogP contribution is -2.27. The average molecular weight is 356 g/mol. The van der Waals surface area contributed by atoms with Gasteiger partial charge < -0.3 is 9.88 Å². The first-order valence-electron chi connectivity index (χ1n) is 8.88. The van der Waals surface area contributed by atoms with Crippen LogP contribution in [-0.2, 0) is 17.9 Å². The summed E-state index contributed by atoms with van der Waals surface area (Å²) in [6.45, 7) is 2.76. The summed E-state index contributed by atoms with van der Waals surface area (Å²) in [6, 6.07) is 19.8. The zero-order valence-corrected chi connectivity index (χ0v) is 15.1. The number of aryl methyl sites for hydroxylation is 1. The fraction of sp³-hybridized carbons (Fsp3) is 0.136. The molecule has 0 aliphatic carbocycles. The molecule has 5 nitrogen and oxygen atoms in total. The van der Waals surface area contributed by atoms with Crippen LogP contribution in [0.25, 0.3) is 22.4 Å². The van der Waals surface area contributed by atoms with E-state index in [4.69, 9.17) is 4.98 Å². The molecule has 0 atom stereocenters. The molecule has 0 unspecified atom stereocenters. The number of nitrogens with one attached hydrogen (secondary N) is 1. The third-order valence-corrected chi connectivity index (χ3v) is 4.49. The highest BCUT2D eigenvalue weighted by Crippen LogP contribution is 2.24. The molecule has 134 valence electrons. The standard InChI is InChI=1S/C22H20N4O/c1-16-8-10-17(11-9-16)13-24-21(27)15-26-20-7-3-2-6-19(20)25-22(26)18-5-4-12-23-14-18/h2-12,14H,13,15H2,1H3,(H,24,27). The highest BCUT2D eigenvalue weighted by molar-refractivity contribution is 5.84. The molecule has 0 aliphatic rings. The molecular weight excluding hydrogens is 336 g/mol. The second kappa shape index (κ2) is 7.41. The number of fused-ring (bicyclic) bond motifs is 1. The highest BCUT2D eigenvalue weighted by Gasteiger charge is 2.15. The molecule has 4 aromatic rings. The van der Waals surface area contributed by atoms with E-state index in [1.807, 2.05) is 72.2 Å². The predicted octanol–water partition coefficient (Wildman–Crippen LogP) is 3.72. The summed E-state index contributed by atoms with van der Waals surface area (Å²) < 4.78 is 1.94. The average Bonchev–Trinajstić information content (AvgIpc) is 3.07. The monoisotopic (exact) mass is 356 g/mol. The van der Waals surface area contributed by atoms with Gasteiger partial charge in [0.05, 0.1) is 11.0 Å². The van der Waals surface area contributed by atoms with Crippen molar-refractivity contribution in [1.29, 1.82) is 0 Å². The number of imidazole rings is 1. The van der Waals surface area contributed by atoms with Crippen LogP contribution in [0.3, 0.4) is 0 Å². The number of pyridine rings is 1. The summed E-state index contributed by atoms with van der Waals surface area (Å²) in [7, 11) is 0. The Hall–Kier alpha value is -3.47. The van der Waals surface area contributed by atoms with Crippen molar-refractivity contribution in [3.05, 3.63) is 84.2 Å². The van der Waals surface area contributed by atoms with E-state index in [-0.39, 0.29) is 12.5 Å². The number of amides is 1. The molecule has 0 spiro atoms. The van der Waals surface area contributed by atoms with Crippen LogP contribution < -0.4 is 5.32 Å². The zero-order valence-electron chi connectivity index (χ0n) is 15.1. The van der Waals surface area contributed by atoms with Crippen LogP contribution in [0.15, 0.2) is 73.1 Å². The topological polar surface area (TPSA) is 59.8 Å². The number of hydrogen-bond donors (Lipinski definition) is 1. The first-order chi connectivity index (χ1) is 13.2. The highest BCUT2D eigenvalue weighted by atomic mass is 16.1. The Balaban J connectivity index is 1.59. The molecule has 5 heteroatoms. The molecule has 0 aliphatic heterocycles. The van der Waals surface area contributed by atoms with Crippen molar-refractivity contribution in [3.63, 3.8) is 0 Å². The SMILES string of the molecule is Cc1ccc(CNC(=O)Cn2c(-c3cccnc3)nc3ccccc32)cc1. The summed E-state index contributed by atoms with van der Waals surface area (Å²) in [5.74, 6) is 0.693. The van der Waals surface area contributed by atoms with E-state index >= 15 is 0 Å². The summed E-state index contributed by atoms with van der Waals surface area (Å²) in [4.78, 5) is 21.5. The molecular formula is C22H20N4O. The minimum Gasteiger partial charge on any atom is -0.350 e. The van der Waals surface area contributed by atoms with Crippen molar-refractivity contribution >= 4 is 16.9 Å². The van der Waals surface area contributed by atoms with Crippen LogP contribution in [0.1, 0.15) is 11.1 Å². The minimum absolute atomic E-state index is 0.0520. The van der Waals surface area contributed by atoms with Gasteiger partial charge in [-0.3, -0.25) is 9.78 Å². The predicted molar refractivity (Wildman–Crippen MR) is 106 cm³/mol. The van der Waals surface area contributed by atoms with E-state index < -0.39 is 0 Å². The van der Waals surface area contributed by atoms with Gasteiger partial charge >= 0.3 is 0 Å². The molecule has 1 N–H and O–H groups in total. The van der Waals surface area contributed by atoms with Crippen LogP contribution in [0, 0.1) is 6.92 Å². The Morgan fingerprint density at radius 1 is 1.04 bits per heavy atom. The lowest BCUT2D eigenvalue weighted by molar-refractivity contribution is -0.121. The van der Waals surface area contributed by atoms with Gasteiger partial charge in [0.15, 0.2) is 0 Å². The van der Waals surface area contributed by atoms with Gasteiger partial charge in [-0.2, -0.15) is 0 Å². The summed E-state index contributed by atoms with van der Waals surface area (Å²) in [6.07, 6.45) is 3.49. The molecule has 0 radical (unpaired) electrons. The van der Waals surface area contributed by atoms with Crippen LogP contribution >= 0.6 is 0 Å². The van der Waals surface area contributed by atoms with E-state index in [1.54, 1.807) is 12.4 Å². The lowest BCUT2D eigenvalue weighted by atomic mass is 10.1. The zero-order chi connectivity index (χ0) is 18.6. The summed E-state index contributed by atoms with van der Waals surface area (Å²) in [5.41, 5.74) is 4.97. The smallest absolute Gasteiger partial charge is 0.240 e. The Bertz CT molecular complexity index is 1070. The largest absolute Gasteiger partial charge is 0.350 e. The van der Waals surface area contributed by atoms with E-state index in [2.05, 4.69) is 10.3 Å². The summed E-state index contributed by atoms with van der Waals surface area (Å²) >= 11 is 0. The first kappa shape index (κ1) is 17.0. The Kier molecular flexibility index (Phi) is 4.66. The Labute approximate surface area is 157 Å². The van der Waals surface area contributed by atoms with Crippen LogP contribution in [-0.4, -0.2) is 20.4 Å². The number of carbonyl (C=O) groups excluding carboxylic acids is 1. The molecule has 0 fully saturated rings. The molecule has 2 heterocycles. The number of carbonyl (C=O) groups is 1. The van der Waals surface area contributed by atoms with Gasteiger partial charge in [-0.15, -0.1) is 0 Å². The quantitative estimate of drug-likeness (QED) is 0.593. The molecule has 2 aromatic heterocycles. The molecule has 0 saturated heterocycles. The molecule has 4 rings (SSSR count).